The number of hydrogen-bond acceptors (Lipinski definition) is 1. The largest absolute Gasteiger partial charge is 0.349 e. The van der Waals surface area contributed by atoms with Crippen molar-refractivity contribution in [1.29, 1.82) is 0 Å². The molecule has 3 heteroatoms. The average Bonchev–Trinajstić information content (AvgIpc) is 2.46. The first-order valence-electron chi connectivity index (χ1n) is 8.60. The first-order valence-corrected chi connectivity index (χ1v) is 9.40. The SMILES string of the molecule is C[C@H](NC(=O)C12CC3CC(CC(C3)C1)C2)c1ccc(Br)cc1. The quantitative estimate of drug-likeness (QED) is 0.819. The van der Waals surface area contributed by atoms with Gasteiger partial charge in [0.1, 0.15) is 0 Å². The average molecular weight is 362 g/mol. The molecule has 0 heterocycles. The van der Waals surface area contributed by atoms with E-state index in [1.54, 1.807) is 0 Å². The van der Waals surface area contributed by atoms with E-state index in [4.69, 9.17) is 0 Å². The molecule has 0 saturated heterocycles. The molecule has 22 heavy (non-hydrogen) atoms. The second kappa shape index (κ2) is 5.36. The summed E-state index contributed by atoms with van der Waals surface area (Å²) in [4.78, 5) is 13.0. The van der Waals surface area contributed by atoms with Crippen LogP contribution in [0.15, 0.2) is 28.7 Å². The van der Waals surface area contributed by atoms with Crippen LogP contribution in [0.4, 0.5) is 0 Å². The Balaban J connectivity index is 1.49. The van der Waals surface area contributed by atoms with Crippen LogP contribution < -0.4 is 5.32 Å². The Morgan fingerprint density at radius 1 is 1.09 bits per heavy atom. The van der Waals surface area contributed by atoms with E-state index in [9.17, 15) is 4.79 Å². The van der Waals surface area contributed by atoms with Gasteiger partial charge in [-0.1, -0.05) is 28.1 Å². The van der Waals surface area contributed by atoms with Crippen LogP contribution in [0, 0.1) is 23.2 Å². The van der Waals surface area contributed by atoms with Gasteiger partial charge < -0.3 is 5.32 Å². The predicted octanol–water partition coefficient (Wildman–Crippen LogP) is 4.84. The van der Waals surface area contributed by atoms with Crippen molar-refractivity contribution in [1.82, 2.24) is 5.32 Å². The molecule has 0 unspecified atom stereocenters. The third kappa shape index (κ3) is 2.51. The fourth-order valence-electron chi connectivity index (χ4n) is 5.57. The van der Waals surface area contributed by atoms with Gasteiger partial charge in [0.2, 0.25) is 5.91 Å². The summed E-state index contributed by atoms with van der Waals surface area (Å²) in [5.41, 5.74) is 1.14. The van der Waals surface area contributed by atoms with Gasteiger partial charge in [0.15, 0.2) is 0 Å². The highest BCUT2D eigenvalue weighted by atomic mass is 79.9. The van der Waals surface area contributed by atoms with E-state index in [1.165, 1.54) is 24.8 Å². The van der Waals surface area contributed by atoms with E-state index in [2.05, 4.69) is 40.3 Å². The summed E-state index contributed by atoms with van der Waals surface area (Å²) in [6.45, 7) is 2.10. The third-order valence-corrected chi connectivity index (χ3v) is 6.77. The number of hydrogen-bond donors (Lipinski definition) is 1. The lowest BCUT2D eigenvalue weighted by molar-refractivity contribution is -0.147. The molecule has 4 fully saturated rings. The summed E-state index contributed by atoms with van der Waals surface area (Å²) in [6, 6.07) is 8.36. The van der Waals surface area contributed by atoms with E-state index >= 15 is 0 Å². The van der Waals surface area contributed by atoms with Crippen molar-refractivity contribution in [3.8, 4) is 0 Å². The van der Waals surface area contributed by atoms with Gasteiger partial charge >= 0.3 is 0 Å². The summed E-state index contributed by atoms with van der Waals surface area (Å²) in [7, 11) is 0. The smallest absolute Gasteiger partial charge is 0.226 e. The Hall–Kier alpha value is -0.830. The first-order chi connectivity index (χ1) is 10.5. The number of rotatable bonds is 3. The molecule has 1 aromatic rings. The molecule has 4 aliphatic carbocycles. The number of carbonyl (C=O) groups excluding carboxylic acids is 1. The van der Waals surface area contributed by atoms with Gasteiger partial charge in [0.25, 0.3) is 0 Å². The van der Waals surface area contributed by atoms with E-state index in [1.807, 2.05) is 12.1 Å². The molecular weight excluding hydrogens is 338 g/mol. The monoisotopic (exact) mass is 361 g/mol. The molecule has 118 valence electrons. The zero-order valence-electron chi connectivity index (χ0n) is 13.1. The molecule has 0 radical (unpaired) electrons. The minimum Gasteiger partial charge on any atom is -0.349 e. The van der Waals surface area contributed by atoms with Gasteiger partial charge in [-0.25, -0.2) is 0 Å². The van der Waals surface area contributed by atoms with Crippen molar-refractivity contribution in [3.63, 3.8) is 0 Å². The number of nitrogens with one attached hydrogen (secondary N) is 1. The Morgan fingerprint density at radius 3 is 2.09 bits per heavy atom. The number of halogens is 1. The minimum absolute atomic E-state index is 0.0433. The number of amides is 1. The molecule has 1 amide bonds. The van der Waals surface area contributed by atoms with E-state index in [0.717, 1.165) is 41.5 Å². The van der Waals surface area contributed by atoms with Crippen LogP contribution >= 0.6 is 15.9 Å². The highest BCUT2D eigenvalue weighted by Crippen LogP contribution is 2.60. The fourth-order valence-corrected chi connectivity index (χ4v) is 5.84. The van der Waals surface area contributed by atoms with Crippen molar-refractivity contribution in [3.05, 3.63) is 34.3 Å². The van der Waals surface area contributed by atoms with E-state index in [0.29, 0.717) is 5.91 Å². The summed E-state index contributed by atoms with van der Waals surface area (Å²) in [5, 5.41) is 3.32. The molecule has 4 bridgehead atoms. The topological polar surface area (TPSA) is 29.1 Å². The fraction of sp³-hybridized carbons (Fsp3) is 0.632. The molecule has 2 nitrogen and oxygen atoms in total. The van der Waals surface area contributed by atoms with Gasteiger partial charge in [-0.2, -0.15) is 0 Å². The van der Waals surface area contributed by atoms with E-state index in [-0.39, 0.29) is 11.5 Å². The van der Waals surface area contributed by atoms with Crippen molar-refractivity contribution in [2.45, 2.75) is 51.5 Å². The standard InChI is InChI=1S/C19H24BrNO/c1-12(16-2-4-17(20)5-3-16)21-18(22)19-9-13-6-14(10-19)8-15(7-13)11-19/h2-5,12-15H,6-11H2,1H3,(H,21,22)/t12-,13?,14?,15?,19?/m0/s1. The molecule has 0 aliphatic heterocycles. The molecule has 5 rings (SSSR count). The maximum atomic E-state index is 13.0. The lowest BCUT2D eigenvalue weighted by Gasteiger charge is -2.55. The molecule has 1 atom stereocenters. The lowest BCUT2D eigenvalue weighted by atomic mass is 9.49. The van der Waals surface area contributed by atoms with Crippen molar-refractivity contribution in [2.24, 2.45) is 23.2 Å². The van der Waals surface area contributed by atoms with Gasteiger partial charge in [0.05, 0.1) is 6.04 Å². The molecular formula is C19H24BrNO. The Morgan fingerprint density at radius 2 is 1.59 bits per heavy atom. The van der Waals surface area contributed by atoms with Crippen LogP contribution in [0.1, 0.15) is 57.1 Å². The third-order valence-electron chi connectivity index (χ3n) is 6.24. The van der Waals surface area contributed by atoms with Gasteiger partial charge in [0, 0.05) is 9.89 Å². The van der Waals surface area contributed by atoms with Crippen molar-refractivity contribution in [2.75, 3.05) is 0 Å². The maximum absolute atomic E-state index is 13.0. The molecule has 4 saturated carbocycles. The first kappa shape index (κ1) is 14.7. The number of benzene rings is 1. The summed E-state index contributed by atoms with van der Waals surface area (Å²) >= 11 is 3.47. The zero-order chi connectivity index (χ0) is 15.3. The second-order valence-electron chi connectivity index (χ2n) is 7.94. The second-order valence-corrected chi connectivity index (χ2v) is 8.86. The lowest BCUT2D eigenvalue weighted by Crippen LogP contribution is -2.53. The van der Waals surface area contributed by atoms with E-state index < -0.39 is 0 Å². The molecule has 1 N–H and O–H groups in total. The number of carbonyl (C=O) groups is 1. The Kier molecular flexibility index (Phi) is 3.60. The van der Waals surface area contributed by atoms with Crippen molar-refractivity contribution < 1.29 is 4.79 Å². The highest BCUT2D eigenvalue weighted by Gasteiger charge is 2.54. The molecule has 0 aromatic heterocycles. The summed E-state index contributed by atoms with van der Waals surface area (Å²) in [6.07, 6.45) is 7.56. The highest BCUT2D eigenvalue weighted by molar-refractivity contribution is 9.10. The maximum Gasteiger partial charge on any atom is 0.226 e. The van der Waals surface area contributed by atoms with Crippen LogP contribution in [0.2, 0.25) is 0 Å². The molecule has 0 spiro atoms. The Bertz CT molecular complexity index is 544. The van der Waals surface area contributed by atoms with Crippen LogP contribution in [-0.2, 0) is 4.79 Å². The van der Waals surface area contributed by atoms with Gasteiger partial charge in [-0.3, -0.25) is 4.79 Å². The van der Waals surface area contributed by atoms with Crippen LogP contribution in [0.3, 0.4) is 0 Å². The minimum atomic E-state index is -0.0433. The van der Waals surface area contributed by atoms with Crippen LogP contribution in [-0.4, -0.2) is 5.91 Å². The predicted molar refractivity (Wildman–Crippen MR) is 91.3 cm³/mol. The van der Waals surface area contributed by atoms with Crippen LogP contribution in [0.25, 0.3) is 0 Å². The van der Waals surface area contributed by atoms with Crippen molar-refractivity contribution >= 4 is 21.8 Å². The normalized spacial score (nSPS) is 37.1. The Labute approximate surface area is 141 Å². The zero-order valence-corrected chi connectivity index (χ0v) is 14.7. The molecule has 1 aromatic carbocycles. The van der Waals surface area contributed by atoms with Crippen LogP contribution in [0.5, 0.6) is 0 Å². The van der Waals surface area contributed by atoms with Gasteiger partial charge in [-0.05, 0) is 80.9 Å². The summed E-state index contributed by atoms with van der Waals surface area (Å²) < 4.78 is 1.08. The van der Waals surface area contributed by atoms with Gasteiger partial charge in [-0.15, -0.1) is 0 Å². The summed E-state index contributed by atoms with van der Waals surface area (Å²) in [5.74, 6) is 2.78. The molecule has 4 aliphatic rings.